The van der Waals surface area contributed by atoms with Crippen molar-refractivity contribution in [1.82, 2.24) is 5.32 Å². The number of benzene rings is 1. The first-order valence-corrected chi connectivity index (χ1v) is 6.13. The summed E-state index contributed by atoms with van der Waals surface area (Å²) in [7, 11) is 0. The number of halogens is 1. The summed E-state index contributed by atoms with van der Waals surface area (Å²) < 4.78 is 5.40. The van der Waals surface area contributed by atoms with Crippen LogP contribution in [0.1, 0.15) is 17.1 Å². The second-order valence-electron chi connectivity index (χ2n) is 4.11. The number of nitro groups is 1. The van der Waals surface area contributed by atoms with Gasteiger partial charge in [-0.2, -0.15) is 0 Å². The summed E-state index contributed by atoms with van der Waals surface area (Å²) in [6.45, 7) is 2.67. The summed E-state index contributed by atoms with van der Waals surface area (Å²) in [6.07, 6.45) is 0. The van der Waals surface area contributed by atoms with Gasteiger partial charge in [0.1, 0.15) is 11.5 Å². The molecule has 0 aliphatic carbocycles. The van der Waals surface area contributed by atoms with Crippen LogP contribution < -0.4 is 5.32 Å². The molecule has 0 amide bonds. The quantitative estimate of drug-likeness (QED) is 0.673. The van der Waals surface area contributed by atoms with Gasteiger partial charge in [0.05, 0.1) is 22.1 Å². The van der Waals surface area contributed by atoms with Crippen molar-refractivity contribution < 1.29 is 9.34 Å². The molecule has 0 aliphatic heterocycles. The SMILES string of the molecule is Cc1ccc(CNCc2c(Cl)cccc2[N+](=O)[O-])o1. The summed E-state index contributed by atoms with van der Waals surface area (Å²) in [5.74, 6) is 1.62. The summed E-state index contributed by atoms with van der Waals surface area (Å²) in [6, 6.07) is 8.39. The molecule has 0 saturated heterocycles. The molecule has 2 rings (SSSR count). The molecule has 0 radical (unpaired) electrons. The Kier molecular flexibility index (Phi) is 4.19. The van der Waals surface area contributed by atoms with Crippen molar-refractivity contribution in [2.45, 2.75) is 20.0 Å². The van der Waals surface area contributed by atoms with Gasteiger partial charge in [-0.05, 0) is 25.1 Å². The van der Waals surface area contributed by atoms with Crippen LogP contribution in [-0.2, 0) is 13.1 Å². The minimum Gasteiger partial charge on any atom is -0.465 e. The summed E-state index contributed by atoms with van der Waals surface area (Å²) in [5, 5.41) is 14.4. The monoisotopic (exact) mass is 280 g/mol. The van der Waals surface area contributed by atoms with Crippen molar-refractivity contribution in [3.05, 3.63) is 62.6 Å². The fourth-order valence-corrected chi connectivity index (χ4v) is 2.02. The van der Waals surface area contributed by atoms with Gasteiger partial charge in [-0.3, -0.25) is 10.1 Å². The molecule has 0 unspecified atom stereocenters. The third-order valence-electron chi connectivity index (χ3n) is 2.69. The molecule has 1 aromatic carbocycles. The Morgan fingerprint density at radius 1 is 1.32 bits per heavy atom. The van der Waals surface area contributed by atoms with Crippen LogP contribution >= 0.6 is 11.6 Å². The fourth-order valence-electron chi connectivity index (χ4n) is 1.78. The van der Waals surface area contributed by atoms with Gasteiger partial charge in [0.2, 0.25) is 0 Å². The highest BCUT2D eigenvalue weighted by molar-refractivity contribution is 6.31. The van der Waals surface area contributed by atoms with Crippen LogP contribution in [0, 0.1) is 17.0 Å². The zero-order valence-corrected chi connectivity index (χ0v) is 11.1. The van der Waals surface area contributed by atoms with E-state index in [0.29, 0.717) is 23.7 Å². The van der Waals surface area contributed by atoms with E-state index in [9.17, 15) is 10.1 Å². The molecule has 1 N–H and O–H groups in total. The predicted octanol–water partition coefficient (Wildman–Crippen LogP) is 3.44. The maximum Gasteiger partial charge on any atom is 0.275 e. The molecule has 1 aromatic heterocycles. The average molecular weight is 281 g/mol. The maximum absolute atomic E-state index is 10.9. The molecule has 0 saturated carbocycles. The van der Waals surface area contributed by atoms with E-state index in [0.717, 1.165) is 11.5 Å². The van der Waals surface area contributed by atoms with Gasteiger partial charge in [0.15, 0.2) is 0 Å². The van der Waals surface area contributed by atoms with E-state index < -0.39 is 4.92 Å². The normalized spacial score (nSPS) is 10.6. The Bertz CT molecular complexity index is 595. The number of nitro benzene ring substituents is 1. The standard InChI is InChI=1S/C13H13ClN2O3/c1-9-5-6-10(19-9)7-15-8-11-12(14)3-2-4-13(11)16(17)18/h2-6,15H,7-8H2,1H3. The van der Waals surface area contributed by atoms with E-state index in [4.69, 9.17) is 16.0 Å². The third kappa shape index (κ3) is 3.33. The van der Waals surface area contributed by atoms with E-state index in [1.54, 1.807) is 12.1 Å². The van der Waals surface area contributed by atoms with Gasteiger partial charge in [0, 0.05) is 12.6 Å². The number of hydrogen-bond donors (Lipinski definition) is 1. The lowest BCUT2D eigenvalue weighted by atomic mass is 10.2. The van der Waals surface area contributed by atoms with Crippen molar-refractivity contribution in [2.75, 3.05) is 0 Å². The van der Waals surface area contributed by atoms with Crippen LogP contribution in [0.2, 0.25) is 5.02 Å². The van der Waals surface area contributed by atoms with E-state index in [1.165, 1.54) is 6.07 Å². The molecule has 100 valence electrons. The first-order valence-electron chi connectivity index (χ1n) is 5.75. The first-order chi connectivity index (χ1) is 9.08. The fraction of sp³-hybridized carbons (Fsp3) is 0.231. The molecule has 19 heavy (non-hydrogen) atoms. The van der Waals surface area contributed by atoms with E-state index in [2.05, 4.69) is 5.32 Å². The van der Waals surface area contributed by atoms with Gasteiger partial charge in [-0.25, -0.2) is 0 Å². The van der Waals surface area contributed by atoms with E-state index in [1.807, 2.05) is 19.1 Å². The predicted molar refractivity (Wildman–Crippen MR) is 72.1 cm³/mol. The molecule has 0 atom stereocenters. The van der Waals surface area contributed by atoms with E-state index >= 15 is 0 Å². The van der Waals surface area contributed by atoms with Crippen LogP contribution in [0.3, 0.4) is 0 Å². The van der Waals surface area contributed by atoms with Gasteiger partial charge < -0.3 is 9.73 Å². The summed E-state index contributed by atoms with van der Waals surface area (Å²) in [5.41, 5.74) is 0.507. The van der Waals surface area contributed by atoms with Gasteiger partial charge in [-0.15, -0.1) is 0 Å². The lowest BCUT2D eigenvalue weighted by molar-refractivity contribution is -0.385. The Morgan fingerprint density at radius 3 is 2.74 bits per heavy atom. The zero-order chi connectivity index (χ0) is 13.8. The van der Waals surface area contributed by atoms with Crippen LogP contribution in [0.15, 0.2) is 34.7 Å². The Labute approximate surface area is 115 Å². The Morgan fingerprint density at radius 2 is 2.11 bits per heavy atom. The van der Waals surface area contributed by atoms with E-state index in [-0.39, 0.29) is 5.69 Å². The van der Waals surface area contributed by atoms with Gasteiger partial charge in [0.25, 0.3) is 5.69 Å². The molecule has 5 nitrogen and oxygen atoms in total. The Hall–Kier alpha value is -1.85. The van der Waals surface area contributed by atoms with Crippen molar-refractivity contribution >= 4 is 17.3 Å². The average Bonchev–Trinajstić information content (AvgIpc) is 2.77. The van der Waals surface area contributed by atoms with Crippen LogP contribution in [0.4, 0.5) is 5.69 Å². The molecule has 0 fully saturated rings. The highest BCUT2D eigenvalue weighted by atomic mass is 35.5. The summed E-state index contributed by atoms with van der Waals surface area (Å²) >= 11 is 5.99. The minimum atomic E-state index is -0.431. The van der Waals surface area contributed by atoms with Gasteiger partial charge in [-0.1, -0.05) is 17.7 Å². The number of aryl methyl sites for hydroxylation is 1. The van der Waals surface area contributed by atoms with Crippen molar-refractivity contribution in [2.24, 2.45) is 0 Å². The molecular weight excluding hydrogens is 268 g/mol. The van der Waals surface area contributed by atoms with Crippen LogP contribution in [0.5, 0.6) is 0 Å². The van der Waals surface area contributed by atoms with Crippen molar-refractivity contribution in [3.63, 3.8) is 0 Å². The van der Waals surface area contributed by atoms with Crippen molar-refractivity contribution in [3.8, 4) is 0 Å². The lowest BCUT2D eigenvalue weighted by Crippen LogP contribution is -2.13. The third-order valence-corrected chi connectivity index (χ3v) is 3.04. The second-order valence-corrected chi connectivity index (χ2v) is 4.52. The smallest absolute Gasteiger partial charge is 0.275 e. The highest BCUT2D eigenvalue weighted by Gasteiger charge is 2.15. The first kappa shape index (κ1) is 13.6. The molecule has 0 aliphatic rings. The largest absolute Gasteiger partial charge is 0.465 e. The number of nitrogens with zero attached hydrogens (tertiary/aromatic N) is 1. The number of furan rings is 1. The molecule has 2 aromatic rings. The highest BCUT2D eigenvalue weighted by Crippen LogP contribution is 2.26. The topological polar surface area (TPSA) is 68.3 Å². The number of hydrogen-bond acceptors (Lipinski definition) is 4. The Balaban J connectivity index is 2.05. The van der Waals surface area contributed by atoms with Gasteiger partial charge >= 0.3 is 0 Å². The lowest BCUT2D eigenvalue weighted by Gasteiger charge is -2.06. The number of nitrogens with one attached hydrogen (secondary N) is 1. The molecule has 0 bridgehead atoms. The molecule has 0 spiro atoms. The van der Waals surface area contributed by atoms with Crippen LogP contribution in [0.25, 0.3) is 0 Å². The minimum absolute atomic E-state index is 0.0237. The van der Waals surface area contributed by atoms with Crippen LogP contribution in [-0.4, -0.2) is 4.92 Å². The molecular formula is C13H13ClN2O3. The summed E-state index contributed by atoms with van der Waals surface area (Å²) in [4.78, 5) is 10.5. The zero-order valence-electron chi connectivity index (χ0n) is 10.4. The van der Waals surface area contributed by atoms with Crippen molar-refractivity contribution in [1.29, 1.82) is 0 Å². The second kappa shape index (κ2) is 5.86. The molecule has 1 heterocycles. The number of rotatable bonds is 5. The molecule has 6 heteroatoms. The maximum atomic E-state index is 10.9.